The summed E-state index contributed by atoms with van der Waals surface area (Å²) in [5.41, 5.74) is 13.8. The minimum absolute atomic E-state index is 0. The van der Waals surface area contributed by atoms with Crippen LogP contribution in [0.3, 0.4) is 0 Å². The van der Waals surface area contributed by atoms with E-state index in [4.69, 9.17) is 5.11 Å². The molecule has 10 heterocycles. The SMILES string of the molecule is Cc1ccnc(-c2cc(C)ccn2)c1.Cc1ccnc(-c2cc(C)ccn2)c1.O=COc1ccnc(-c2cc(C(=O)O)ccn2)c1.O=COc1ccnc(-c2cc(C(=O)[O-])ccn2)c1.[Ru+].[Ru+].c1ccc2[n-]c(-c3nc4ccccc4[n-]3)nc2c1. The van der Waals surface area contributed by atoms with Crippen LogP contribution in [-0.4, -0.2) is 79.8 Å². The van der Waals surface area contributed by atoms with Crippen LogP contribution < -0.4 is 24.5 Å². The molecule has 22 heteroatoms. The molecule has 0 aliphatic heterocycles. The van der Waals surface area contributed by atoms with Gasteiger partial charge in [0.05, 0.1) is 57.1 Å². The fraction of sp³-hybridized carbons (Fsp3) is 0.0645. The van der Waals surface area contributed by atoms with Crippen molar-refractivity contribution in [2.45, 2.75) is 27.7 Å². The number of ether oxygens (including phenoxy) is 2. The molecule has 420 valence electrons. The molecule has 12 aromatic rings. The zero-order valence-electron chi connectivity index (χ0n) is 45.0. The van der Waals surface area contributed by atoms with Gasteiger partial charge in [0.15, 0.2) is 0 Å². The third kappa shape index (κ3) is 17.9. The Hall–Kier alpha value is -10.3. The number of nitrogens with zero attached hydrogens (tertiary/aromatic N) is 12. The molecule has 0 aliphatic rings. The van der Waals surface area contributed by atoms with Crippen molar-refractivity contribution in [2.75, 3.05) is 0 Å². The van der Waals surface area contributed by atoms with Gasteiger partial charge < -0.3 is 44.4 Å². The van der Waals surface area contributed by atoms with E-state index in [2.05, 4.69) is 97.0 Å². The summed E-state index contributed by atoms with van der Waals surface area (Å²) in [6.07, 6.45) is 12.9. The number of carboxylic acids is 2. The van der Waals surface area contributed by atoms with Crippen molar-refractivity contribution in [2.24, 2.45) is 0 Å². The Bertz CT molecular complexity index is 3760. The average molecular weight is 1290 g/mol. The Morgan fingerprint density at radius 1 is 0.417 bits per heavy atom. The summed E-state index contributed by atoms with van der Waals surface area (Å²) in [6, 6.07) is 43.1. The Kier molecular flexibility index (Phi) is 23.3. The molecule has 12 rings (SSSR count). The quantitative estimate of drug-likeness (QED) is 0.0931. The van der Waals surface area contributed by atoms with E-state index in [0.717, 1.165) is 44.8 Å². The molecule has 84 heavy (non-hydrogen) atoms. The zero-order valence-corrected chi connectivity index (χ0v) is 48.5. The van der Waals surface area contributed by atoms with E-state index in [1.54, 1.807) is 0 Å². The molecule has 0 fully saturated rings. The maximum absolute atomic E-state index is 10.8. The predicted molar refractivity (Wildman–Crippen MR) is 303 cm³/mol. The Balaban J connectivity index is 0.000000168. The van der Waals surface area contributed by atoms with E-state index in [-0.39, 0.29) is 50.1 Å². The molecule has 0 saturated carbocycles. The summed E-state index contributed by atoms with van der Waals surface area (Å²) < 4.78 is 9.35. The fourth-order valence-electron chi connectivity index (χ4n) is 7.48. The molecule has 2 radical (unpaired) electrons. The summed E-state index contributed by atoms with van der Waals surface area (Å²) in [5.74, 6) is -0.536. The number of hydrogen-bond donors (Lipinski definition) is 1. The van der Waals surface area contributed by atoms with Crippen LogP contribution in [0.25, 0.3) is 79.3 Å². The normalized spacial score (nSPS) is 10.0. The van der Waals surface area contributed by atoms with Gasteiger partial charge in [-0.3, -0.25) is 49.5 Å². The summed E-state index contributed by atoms with van der Waals surface area (Å²) >= 11 is 0. The molecule has 0 atom stereocenters. The molecule has 0 unspecified atom stereocenters. The summed E-state index contributed by atoms with van der Waals surface area (Å²) in [7, 11) is 0. The van der Waals surface area contributed by atoms with Gasteiger partial charge in [-0.2, -0.15) is 0 Å². The first-order valence-corrected chi connectivity index (χ1v) is 24.8. The maximum Gasteiger partial charge on any atom is 1.00 e. The standard InChI is InChI=1S/C14H8N4.2C12H8N2O4.2C12H12N2.2Ru/c1-2-6-10-9(5-1)15-13(16-10)14-17-11-7-3-4-8-12(11)18-14;2*15-7-18-9-2-4-14-11(6-9)10-5-8(12(16)17)1-3-13-10;2*1-9-3-5-13-11(7-9)12-8-10(2)4-6-14-12;;/h1-8H;2*1-7H,(H,16,17);2*3-8H,1-2H3;;/q-2;;;;;2*+1/p-1. The first kappa shape index (κ1) is 62.9. The number of aromatic nitrogens is 12. The molecule has 20 nitrogen and oxygen atoms in total. The number of hydrogen-bond acceptors (Lipinski definition) is 17. The van der Waals surface area contributed by atoms with Gasteiger partial charge in [0, 0.05) is 67.3 Å². The van der Waals surface area contributed by atoms with E-state index in [1.165, 1.54) is 95.6 Å². The fourth-order valence-corrected chi connectivity index (χ4v) is 7.48. The summed E-state index contributed by atoms with van der Waals surface area (Å²) in [6.45, 7) is 8.83. The number of para-hydroxylation sites is 4. The van der Waals surface area contributed by atoms with Crippen LogP contribution in [0.2, 0.25) is 0 Å². The number of carbonyl (C=O) groups excluding carboxylic acids is 3. The van der Waals surface area contributed by atoms with Crippen LogP contribution in [0.15, 0.2) is 195 Å². The topological polar surface area (TPSA) is 287 Å². The molecule has 0 spiro atoms. The van der Waals surface area contributed by atoms with Gasteiger partial charge in [0.1, 0.15) is 11.5 Å². The predicted octanol–water partition coefficient (Wildman–Crippen LogP) is 9.30. The van der Waals surface area contributed by atoms with Crippen LogP contribution in [-0.2, 0) is 48.5 Å². The molecule has 0 amide bonds. The monoisotopic (exact) mass is 1290 g/mol. The van der Waals surface area contributed by atoms with Crippen molar-refractivity contribution in [3.63, 3.8) is 0 Å². The maximum atomic E-state index is 10.8. The second kappa shape index (κ2) is 31.1. The van der Waals surface area contributed by atoms with Gasteiger partial charge in [-0.15, -0.1) is 0 Å². The molecular weight excluding hydrogens is 1240 g/mol. The van der Waals surface area contributed by atoms with Crippen LogP contribution >= 0.6 is 0 Å². The van der Waals surface area contributed by atoms with Crippen molar-refractivity contribution in [1.29, 1.82) is 0 Å². The molecule has 0 bridgehead atoms. The van der Waals surface area contributed by atoms with E-state index in [0.29, 0.717) is 58.9 Å². The van der Waals surface area contributed by atoms with Crippen molar-refractivity contribution in [3.05, 3.63) is 229 Å². The third-order valence-corrected chi connectivity index (χ3v) is 11.4. The minimum atomic E-state index is -1.29. The summed E-state index contributed by atoms with van der Waals surface area (Å²) in [5, 5.41) is 19.6. The van der Waals surface area contributed by atoms with Gasteiger partial charge in [-0.1, -0.05) is 60.2 Å². The van der Waals surface area contributed by atoms with E-state index in [9.17, 15) is 24.3 Å². The second-order valence-electron chi connectivity index (χ2n) is 17.6. The number of carboxylic acid groups (broad SMARTS) is 2. The van der Waals surface area contributed by atoms with E-state index in [1.807, 2.05) is 122 Å². The van der Waals surface area contributed by atoms with E-state index >= 15 is 0 Å². The smallest absolute Gasteiger partial charge is 0.545 e. The van der Waals surface area contributed by atoms with Gasteiger partial charge in [-0.05, 0) is 157 Å². The number of pyridine rings is 8. The first-order valence-electron chi connectivity index (χ1n) is 24.8. The first-order chi connectivity index (χ1) is 39.8. The third-order valence-electron chi connectivity index (χ3n) is 11.4. The molecule has 0 saturated heterocycles. The number of benzene rings is 2. The van der Waals surface area contributed by atoms with Gasteiger partial charge in [-0.25, -0.2) is 4.79 Å². The van der Waals surface area contributed by atoms with Crippen molar-refractivity contribution in [1.82, 2.24) is 59.8 Å². The molecule has 2 aromatic carbocycles. The van der Waals surface area contributed by atoms with E-state index < -0.39 is 11.9 Å². The molecule has 1 N–H and O–H groups in total. The van der Waals surface area contributed by atoms with Gasteiger partial charge >= 0.3 is 44.9 Å². The second-order valence-corrected chi connectivity index (χ2v) is 17.6. The van der Waals surface area contributed by atoms with Crippen molar-refractivity contribution < 1.29 is 77.8 Å². The number of imidazole rings is 2. The van der Waals surface area contributed by atoms with Gasteiger partial charge in [0.2, 0.25) is 0 Å². The average Bonchev–Trinajstić information content (AvgIpc) is 4.37. The van der Waals surface area contributed by atoms with Crippen LogP contribution in [0.5, 0.6) is 11.5 Å². The molecular formula is C62H47N12O8Ru2-. The number of carbonyl (C=O) groups is 4. The largest absolute Gasteiger partial charge is 1.00 e. The molecule has 0 aliphatic carbocycles. The van der Waals surface area contributed by atoms with Crippen LogP contribution in [0.1, 0.15) is 43.0 Å². The zero-order chi connectivity index (χ0) is 57.8. The van der Waals surface area contributed by atoms with Crippen molar-refractivity contribution >= 4 is 46.9 Å². The minimum Gasteiger partial charge on any atom is -0.545 e. The molecule has 10 aromatic heterocycles. The Morgan fingerprint density at radius 3 is 1.04 bits per heavy atom. The van der Waals surface area contributed by atoms with Crippen LogP contribution in [0.4, 0.5) is 0 Å². The number of rotatable bonds is 11. The summed E-state index contributed by atoms with van der Waals surface area (Å²) in [4.78, 5) is 93.0. The van der Waals surface area contributed by atoms with Crippen LogP contribution in [0, 0.1) is 27.7 Å². The van der Waals surface area contributed by atoms with Gasteiger partial charge in [0.25, 0.3) is 12.9 Å². The van der Waals surface area contributed by atoms with Crippen molar-refractivity contribution in [3.8, 4) is 68.7 Å². The Morgan fingerprint density at radius 2 is 0.714 bits per heavy atom. The number of aromatic carboxylic acids is 2. The number of fused-ring (bicyclic) bond motifs is 2. The number of aryl methyl sites for hydroxylation is 4. The Labute approximate surface area is 506 Å².